The van der Waals surface area contributed by atoms with Crippen molar-refractivity contribution in [1.82, 2.24) is 5.32 Å². The molecule has 3 heteroatoms. The maximum absolute atomic E-state index is 6.12. The molecule has 1 atom stereocenters. The topological polar surface area (TPSA) is 12.0 Å². The van der Waals surface area contributed by atoms with Crippen LogP contribution in [0.15, 0.2) is 53.0 Å². The molecule has 0 aliphatic rings. The predicted octanol–water partition coefficient (Wildman–Crippen LogP) is 5.00. The molecule has 0 saturated heterocycles. The van der Waals surface area contributed by atoms with Crippen LogP contribution in [-0.4, -0.2) is 6.54 Å². The molecule has 2 aromatic carbocycles. The summed E-state index contributed by atoms with van der Waals surface area (Å²) in [7, 11) is 0. The van der Waals surface area contributed by atoms with Gasteiger partial charge >= 0.3 is 0 Å². The van der Waals surface area contributed by atoms with E-state index in [0.717, 1.165) is 22.5 Å². The Bertz CT molecular complexity index is 528. The molecule has 2 aromatic rings. The molecule has 0 aliphatic heterocycles. The average molecular weight is 339 g/mol. The van der Waals surface area contributed by atoms with E-state index in [2.05, 4.69) is 52.4 Å². The third-order valence-corrected chi connectivity index (χ3v) is 4.02. The van der Waals surface area contributed by atoms with Crippen LogP contribution in [0.25, 0.3) is 0 Å². The monoisotopic (exact) mass is 337 g/mol. The zero-order valence-corrected chi connectivity index (χ0v) is 13.2. The standard InChI is InChI=1S/C16H17BrClN/c1-2-19-16(10-12-6-4-3-5-7-12)14-11-13(18)8-9-15(14)17/h3-9,11,16,19H,2,10H2,1H3. The highest BCUT2D eigenvalue weighted by Gasteiger charge is 2.14. The summed E-state index contributed by atoms with van der Waals surface area (Å²) in [4.78, 5) is 0. The summed E-state index contributed by atoms with van der Waals surface area (Å²) in [5.41, 5.74) is 2.53. The minimum atomic E-state index is 0.264. The van der Waals surface area contributed by atoms with Crippen LogP contribution in [-0.2, 0) is 6.42 Å². The second-order valence-electron chi connectivity index (χ2n) is 4.47. The highest BCUT2D eigenvalue weighted by Crippen LogP contribution is 2.28. The summed E-state index contributed by atoms with van der Waals surface area (Å²) in [5, 5.41) is 4.30. The van der Waals surface area contributed by atoms with Gasteiger partial charge < -0.3 is 5.32 Å². The van der Waals surface area contributed by atoms with Crippen molar-refractivity contribution in [2.75, 3.05) is 6.54 Å². The lowest BCUT2D eigenvalue weighted by Crippen LogP contribution is -2.23. The third kappa shape index (κ3) is 4.07. The van der Waals surface area contributed by atoms with Crippen LogP contribution in [0.4, 0.5) is 0 Å². The normalized spacial score (nSPS) is 12.4. The molecule has 1 unspecified atom stereocenters. The molecule has 0 aromatic heterocycles. The summed E-state index contributed by atoms with van der Waals surface area (Å²) >= 11 is 9.73. The minimum Gasteiger partial charge on any atom is -0.310 e. The van der Waals surface area contributed by atoms with Crippen molar-refractivity contribution in [3.8, 4) is 0 Å². The third-order valence-electron chi connectivity index (χ3n) is 3.07. The van der Waals surface area contributed by atoms with Crippen LogP contribution in [0.3, 0.4) is 0 Å². The first kappa shape index (κ1) is 14.6. The number of hydrogen-bond donors (Lipinski definition) is 1. The summed E-state index contributed by atoms with van der Waals surface area (Å²) < 4.78 is 1.10. The maximum atomic E-state index is 6.12. The van der Waals surface area contributed by atoms with Crippen LogP contribution in [0, 0.1) is 0 Å². The van der Waals surface area contributed by atoms with E-state index in [9.17, 15) is 0 Å². The van der Waals surface area contributed by atoms with Crippen LogP contribution < -0.4 is 5.32 Å². The van der Waals surface area contributed by atoms with E-state index in [4.69, 9.17) is 11.6 Å². The number of halogens is 2. The Morgan fingerprint density at radius 3 is 2.58 bits per heavy atom. The maximum Gasteiger partial charge on any atom is 0.0410 e. The van der Waals surface area contributed by atoms with Crippen molar-refractivity contribution in [3.63, 3.8) is 0 Å². The number of likely N-dealkylation sites (N-methyl/N-ethyl adjacent to an activating group) is 1. The van der Waals surface area contributed by atoms with Gasteiger partial charge in [0.2, 0.25) is 0 Å². The van der Waals surface area contributed by atoms with Gasteiger partial charge in [0, 0.05) is 15.5 Å². The Labute approximate surface area is 128 Å². The second-order valence-corrected chi connectivity index (χ2v) is 5.76. The van der Waals surface area contributed by atoms with Crippen molar-refractivity contribution < 1.29 is 0 Å². The highest BCUT2D eigenvalue weighted by atomic mass is 79.9. The Morgan fingerprint density at radius 1 is 1.16 bits per heavy atom. The zero-order valence-electron chi connectivity index (χ0n) is 10.9. The molecular formula is C16H17BrClN. The molecular weight excluding hydrogens is 322 g/mol. The summed E-state index contributed by atoms with van der Waals surface area (Å²) in [5.74, 6) is 0. The van der Waals surface area contributed by atoms with Crippen LogP contribution >= 0.6 is 27.5 Å². The molecule has 19 heavy (non-hydrogen) atoms. The number of nitrogens with one attached hydrogen (secondary N) is 1. The average Bonchev–Trinajstić information content (AvgIpc) is 2.42. The first-order valence-corrected chi connectivity index (χ1v) is 7.60. The first-order chi connectivity index (χ1) is 9.20. The molecule has 0 spiro atoms. The van der Waals surface area contributed by atoms with Gasteiger partial charge in [-0.2, -0.15) is 0 Å². The molecule has 0 fully saturated rings. The Morgan fingerprint density at radius 2 is 1.89 bits per heavy atom. The van der Waals surface area contributed by atoms with Crippen LogP contribution in [0.2, 0.25) is 5.02 Å². The lowest BCUT2D eigenvalue weighted by molar-refractivity contribution is 0.548. The lowest BCUT2D eigenvalue weighted by atomic mass is 9.99. The zero-order chi connectivity index (χ0) is 13.7. The van der Waals surface area contributed by atoms with E-state index in [-0.39, 0.29) is 6.04 Å². The largest absolute Gasteiger partial charge is 0.310 e. The number of benzene rings is 2. The van der Waals surface area contributed by atoms with Crippen molar-refractivity contribution in [3.05, 3.63) is 69.2 Å². The molecule has 0 saturated carbocycles. The molecule has 0 aliphatic carbocycles. The molecule has 2 rings (SSSR count). The van der Waals surface area contributed by atoms with Crippen molar-refractivity contribution >= 4 is 27.5 Å². The smallest absolute Gasteiger partial charge is 0.0410 e. The van der Waals surface area contributed by atoms with Gasteiger partial charge in [0.05, 0.1) is 0 Å². The Hall–Kier alpha value is -0.830. The van der Waals surface area contributed by atoms with Crippen LogP contribution in [0.1, 0.15) is 24.1 Å². The van der Waals surface area contributed by atoms with Gasteiger partial charge in [0.1, 0.15) is 0 Å². The molecule has 100 valence electrons. The molecule has 0 bridgehead atoms. The fraction of sp³-hybridized carbons (Fsp3) is 0.250. The molecule has 1 nitrogen and oxygen atoms in total. The van der Waals surface area contributed by atoms with Gasteiger partial charge in [-0.3, -0.25) is 0 Å². The lowest BCUT2D eigenvalue weighted by Gasteiger charge is -2.20. The van der Waals surface area contributed by atoms with Crippen molar-refractivity contribution in [2.24, 2.45) is 0 Å². The van der Waals surface area contributed by atoms with Crippen molar-refractivity contribution in [1.29, 1.82) is 0 Å². The van der Waals surface area contributed by atoms with E-state index in [1.54, 1.807) is 0 Å². The van der Waals surface area contributed by atoms with Crippen molar-refractivity contribution in [2.45, 2.75) is 19.4 Å². The fourth-order valence-corrected chi connectivity index (χ4v) is 2.87. The number of hydrogen-bond acceptors (Lipinski definition) is 1. The van der Waals surface area contributed by atoms with E-state index in [1.165, 1.54) is 11.1 Å². The Kier molecular flexibility index (Phi) is 5.44. The quantitative estimate of drug-likeness (QED) is 0.809. The van der Waals surface area contributed by atoms with Gasteiger partial charge in [-0.05, 0) is 42.3 Å². The van der Waals surface area contributed by atoms with Gasteiger partial charge in [0.25, 0.3) is 0 Å². The first-order valence-electron chi connectivity index (χ1n) is 6.43. The van der Waals surface area contributed by atoms with Gasteiger partial charge in [-0.25, -0.2) is 0 Å². The van der Waals surface area contributed by atoms with Gasteiger partial charge in [-0.15, -0.1) is 0 Å². The van der Waals surface area contributed by atoms with E-state index in [1.807, 2.05) is 24.3 Å². The molecule has 1 N–H and O–H groups in total. The van der Waals surface area contributed by atoms with Gasteiger partial charge in [-0.1, -0.05) is 64.8 Å². The molecule has 0 heterocycles. The summed E-state index contributed by atoms with van der Waals surface area (Å²) in [6, 6.07) is 16.7. The molecule has 0 radical (unpaired) electrons. The van der Waals surface area contributed by atoms with Gasteiger partial charge in [0.15, 0.2) is 0 Å². The minimum absolute atomic E-state index is 0.264. The Balaban J connectivity index is 2.27. The van der Waals surface area contributed by atoms with E-state index >= 15 is 0 Å². The highest BCUT2D eigenvalue weighted by molar-refractivity contribution is 9.10. The SMILES string of the molecule is CCNC(Cc1ccccc1)c1cc(Cl)ccc1Br. The molecule has 0 amide bonds. The predicted molar refractivity (Wildman–Crippen MR) is 85.7 cm³/mol. The van der Waals surface area contributed by atoms with E-state index in [0.29, 0.717) is 0 Å². The van der Waals surface area contributed by atoms with E-state index < -0.39 is 0 Å². The van der Waals surface area contributed by atoms with Crippen LogP contribution in [0.5, 0.6) is 0 Å². The number of rotatable bonds is 5. The fourth-order valence-electron chi connectivity index (χ4n) is 2.17. The summed E-state index contributed by atoms with van der Waals surface area (Å²) in [6.45, 7) is 3.05. The second kappa shape index (κ2) is 7.09. The summed E-state index contributed by atoms with van der Waals surface area (Å²) in [6.07, 6.45) is 0.952.